The smallest absolute Gasteiger partial charge is 0.0701 e. The second-order valence-electron chi connectivity index (χ2n) is 16.6. The van der Waals surface area contributed by atoms with E-state index >= 15 is 0 Å². The maximum Gasteiger partial charge on any atom is 0.0701 e. The average Bonchev–Trinajstić information content (AvgIpc) is 3.25. The molecule has 0 amide bonds. The Bertz CT molecular complexity index is 2460. The summed E-state index contributed by atoms with van der Waals surface area (Å²) in [4.78, 5) is 13.1. The summed E-state index contributed by atoms with van der Waals surface area (Å²) in [7, 11) is 0. The summed E-state index contributed by atoms with van der Waals surface area (Å²) in [6.07, 6.45) is 5.42. The number of nitrogen functional groups attached to an aromatic ring is 1. The lowest BCUT2D eigenvalue weighted by Gasteiger charge is -2.22. The van der Waals surface area contributed by atoms with Crippen molar-refractivity contribution < 1.29 is 0 Å². The normalized spacial score (nSPS) is 10.8. The van der Waals surface area contributed by atoms with E-state index < -0.39 is 0 Å². The van der Waals surface area contributed by atoms with Gasteiger partial charge in [0.2, 0.25) is 0 Å². The fourth-order valence-corrected chi connectivity index (χ4v) is 7.52. The van der Waals surface area contributed by atoms with E-state index in [1.165, 1.54) is 11.1 Å². The Labute approximate surface area is 385 Å². The number of nitrogens with one attached hydrogen (secondary N) is 2. The Morgan fingerprint density at radius 2 is 0.742 bits per heavy atom. The minimum absolute atomic E-state index is 0. The number of rotatable bonds is 7. The van der Waals surface area contributed by atoms with Crippen LogP contribution >= 0.6 is 31.9 Å². The maximum atomic E-state index is 5.58. The first-order valence-electron chi connectivity index (χ1n) is 20.2. The standard InChI is InChI=1S/C32H30N4.C11H10N2.C10H12Br2.CH4/c1-32(2,3)25-20-28(35-26-14-10-23(11-15-26)30-8-4-6-18-33-30)22-29(21-25)36-27-16-12-24(13-17-27)31-9-5-7-19-34-31;12-10-6-4-9(5-7-10)11-3-1-2-8-13-11;1-10(2,3)7-4-8(11)6-9(12)5-7;/h4-22,35-36H,1-3H3;1-8H,12H2;4-6H,1-3H3;1H4. The molecule has 0 saturated carbocycles. The monoisotopic (exact) mass is 946 g/mol. The Morgan fingerprint density at radius 3 is 1.06 bits per heavy atom. The summed E-state index contributed by atoms with van der Waals surface area (Å²) < 4.78 is 2.25. The van der Waals surface area contributed by atoms with Gasteiger partial charge < -0.3 is 16.4 Å². The van der Waals surface area contributed by atoms with Gasteiger partial charge in [0.25, 0.3) is 0 Å². The van der Waals surface area contributed by atoms with Gasteiger partial charge in [0.05, 0.1) is 17.1 Å². The van der Waals surface area contributed by atoms with E-state index in [2.05, 4.69) is 184 Å². The third-order valence-electron chi connectivity index (χ3n) is 9.67. The van der Waals surface area contributed by atoms with Crippen LogP contribution in [-0.2, 0) is 10.8 Å². The van der Waals surface area contributed by atoms with Crippen molar-refractivity contribution in [2.24, 2.45) is 0 Å². The molecule has 0 aliphatic heterocycles. The van der Waals surface area contributed by atoms with E-state index in [0.717, 1.165) is 71.2 Å². The van der Waals surface area contributed by atoms with Gasteiger partial charge in [-0.05, 0) is 131 Å². The first-order chi connectivity index (χ1) is 29.2. The van der Waals surface area contributed by atoms with Crippen LogP contribution in [0.15, 0.2) is 191 Å². The molecular formula is C54H56Br2N6. The highest BCUT2D eigenvalue weighted by molar-refractivity contribution is 9.11. The molecule has 3 aromatic heterocycles. The summed E-state index contributed by atoms with van der Waals surface area (Å²) in [6.45, 7) is 13.3. The van der Waals surface area contributed by atoms with Crippen molar-refractivity contribution in [3.8, 4) is 33.8 Å². The van der Waals surface area contributed by atoms with Gasteiger partial charge in [-0.1, -0.05) is 135 Å². The lowest BCUT2D eigenvalue weighted by Crippen LogP contribution is -2.12. The molecule has 6 nitrogen and oxygen atoms in total. The minimum Gasteiger partial charge on any atom is -0.399 e. The molecule has 0 bridgehead atoms. The molecule has 8 rings (SSSR count). The van der Waals surface area contributed by atoms with E-state index in [4.69, 9.17) is 5.73 Å². The number of hydrogen-bond acceptors (Lipinski definition) is 6. The predicted molar refractivity (Wildman–Crippen MR) is 272 cm³/mol. The number of hydrogen-bond donors (Lipinski definition) is 3. The van der Waals surface area contributed by atoms with Crippen molar-refractivity contribution in [2.45, 2.75) is 59.8 Å². The highest BCUT2D eigenvalue weighted by Crippen LogP contribution is 2.33. The van der Waals surface area contributed by atoms with Gasteiger partial charge in [0, 0.05) is 72.7 Å². The van der Waals surface area contributed by atoms with Crippen LogP contribution in [0.5, 0.6) is 0 Å². The van der Waals surface area contributed by atoms with E-state index in [0.29, 0.717) is 0 Å². The topological polar surface area (TPSA) is 88.8 Å². The van der Waals surface area contributed by atoms with Crippen LogP contribution in [0.4, 0.5) is 28.4 Å². The fourth-order valence-electron chi connectivity index (χ4n) is 6.23. The zero-order valence-corrected chi connectivity index (χ0v) is 38.7. The number of aromatic nitrogens is 3. The van der Waals surface area contributed by atoms with Crippen molar-refractivity contribution in [3.05, 3.63) is 202 Å². The number of nitrogens with zero attached hydrogens (tertiary/aromatic N) is 3. The van der Waals surface area contributed by atoms with Crippen LogP contribution in [0.1, 0.15) is 60.1 Å². The van der Waals surface area contributed by atoms with Gasteiger partial charge >= 0.3 is 0 Å². The number of halogens is 2. The highest BCUT2D eigenvalue weighted by Gasteiger charge is 2.16. The molecule has 0 saturated heterocycles. The molecule has 3 heterocycles. The fraction of sp³-hybridized carbons (Fsp3) is 0.167. The summed E-state index contributed by atoms with van der Waals surface area (Å²) in [5, 5.41) is 7.17. The van der Waals surface area contributed by atoms with Crippen LogP contribution in [0.2, 0.25) is 0 Å². The third kappa shape index (κ3) is 14.0. The Balaban J connectivity index is 0.000000227. The summed E-state index contributed by atoms with van der Waals surface area (Å²) in [5.74, 6) is 0. The number of anilines is 5. The molecule has 0 unspecified atom stereocenters. The average molecular weight is 949 g/mol. The number of pyridine rings is 3. The second kappa shape index (κ2) is 21.6. The molecule has 8 heteroatoms. The second-order valence-corrected chi connectivity index (χ2v) is 18.5. The van der Waals surface area contributed by atoms with Gasteiger partial charge in [-0.3, -0.25) is 15.0 Å². The largest absolute Gasteiger partial charge is 0.399 e. The van der Waals surface area contributed by atoms with E-state index in [9.17, 15) is 0 Å². The van der Waals surface area contributed by atoms with Crippen LogP contribution in [0, 0.1) is 0 Å². The lowest BCUT2D eigenvalue weighted by atomic mass is 9.86. The molecule has 0 aliphatic rings. The van der Waals surface area contributed by atoms with Gasteiger partial charge in [-0.15, -0.1) is 0 Å². The zero-order chi connectivity index (χ0) is 43.4. The van der Waals surface area contributed by atoms with Crippen molar-refractivity contribution in [3.63, 3.8) is 0 Å². The summed E-state index contributed by atoms with van der Waals surface area (Å²) in [6, 6.07) is 55.2. The Kier molecular flexibility index (Phi) is 16.4. The van der Waals surface area contributed by atoms with Gasteiger partial charge in [0.1, 0.15) is 0 Å². The molecule has 0 radical (unpaired) electrons. The van der Waals surface area contributed by atoms with Crippen LogP contribution in [-0.4, -0.2) is 15.0 Å². The Hall–Kier alpha value is -6.09. The third-order valence-corrected chi connectivity index (χ3v) is 10.6. The van der Waals surface area contributed by atoms with Crippen LogP contribution in [0.3, 0.4) is 0 Å². The van der Waals surface area contributed by atoms with E-state index in [1.807, 2.05) is 91.3 Å². The summed E-state index contributed by atoms with van der Waals surface area (Å²) in [5.41, 5.74) is 19.5. The van der Waals surface area contributed by atoms with Crippen molar-refractivity contribution in [1.29, 1.82) is 0 Å². The van der Waals surface area contributed by atoms with Gasteiger partial charge in [-0.25, -0.2) is 0 Å². The quantitative estimate of drug-likeness (QED) is 0.138. The van der Waals surface area contributed by atoms with Crippen LogP contribution in [0.25, 0.3) is 33.8 Å². The number of benzene rings is 5. The molecule has 316 valence electrons. The van der Waals surface area contributed by atoms with Crippen molar-refractivity contribution in [1.82, 2.24) is 15.0 Å². The Morgan fingerprint density at radius 1 is 0.403 bits per heavy atom. The van der Waals surface area contributed by atoms with E-state index in [-0.39, 0.29) is 18.3 Å². The molecule has 0 atom stereocenters. The molecular weight excluding hydrogens is 892 g/mol. The van der Waals surface area contributed by atoms with Gasteiger partial charge in [-0.2, -0.15) is 0 Å². The lowest BCUT2D eigenvalue weighted by molar-refractivity contribution is 0.589. The predicted octanol–water partition coefficient (Wildman–Crippen LogP) is 16.1. The molecule has 62 heavy (non-hydrogen) atoms. The molecule has 8 aromatic rings. The van der Waals surface area contributed by atoms with Crippen LogP contribution < -0.4 is 16.4 Å². The highest BCUT2D eigenvalue weighted by atomic mass is 79.9. The van der Waals surface area contributed by atoms with E-state index in [1.54, 1.807) is 6.20 Å². The summed E-state index contributed by atoms with van der Waals surface area (Å²) >= 11 is 6.95. The first-order valence-corrected chi connectivity index (χ1v) is 21.7. The molecule has 0 aliphatic carbocycles. The van der Waals surface area contributed by atoms with Crippen molar-refractivity contribution in [2.75, 3.05) is 16.4 Å². The minimum atomic E-state index is 0. The molecule has 5 aromatic carbocycles. The molecule has 4 N–H and O–H groups in total. The molecule has 0 fully saturated rings. The molecule has 0 spiro atoms. The zero-order valence-electron chi connectivity index (χ0n) is 35.5. The van der Waals surface area contributed by atoms with Gasteiger partial charge in [0.15, 0.2) is 0 Å². The SMILES string of the molecule is C.CC(C)(C)c1cc(Br)cc(Br)c1.CC(C)(C)c1cc(Nc2ccc(-c3ccccn3)cc2)cc(Nc2ccc(-c3ccccn3)cc2)c1.Nc1ccc(-c2ccccn2)cc1. The maximum absolute atomic E-state index is 5.58. The first kappa shape index (κ1) is 47.0. The van der Waals surface area contributed by atoms with Crippen molar-refractivity contribution >= 4 is 60.3 Å². The number of nitrogens with two attached hydrogens (primary N) is 1.